The predicted molar refractivity (Wildman–Crippen MR) is 354 cm³/mol. The van der Waals surface area contributed by atoms with E-state index in [2.05, 4.69) is 53.8 Å². The molecule has 28 nitrogen and oxygen atoms in total. The van der Waals surface area contributed by atoms with Crippen LogP contribution in [0.3, 0.4) is 0 Å². The van der Waals surface area contributed by atoms with Gasteiger partial charge in [0.2, 0.25) is 35.4 Å². The van der Waals surface area contributed by atoms with E-state index in [4.69, 9.17) is 20.9 Å². The smallest absolute Gasteiger partial charge is 0.251 e. The van der Waals surface area contributed by atoms with Crippen molar-refractivity contribution in [1.29, 1.82) is 0 Å². The summed E-state index contributed by atoms with van der Waals surface area (Å²) in [6.07, 6.45) is -3.14. The fourth-order valence-electron chi connectivity index (χ4n) is 12.8. The third kappa shape index (κ3) is 19.0. The third-order valence-electron chi connectivity index (χ3n) is 18.1. The molecule has 5 aliphatic rings. The number of benzene rings is 3. The fourth-order valence-corrected chi connectivity index (χ4v) is 13.6. The second-order valence-electron chi connectivity index (χ2n) is 25.1. The molecule has 1 saturated carbocycles. The number of rotatable bonds is 18. The number of aliphatic hydroxyl groups excluding tert-OH is 6. The number of aromatic hydroxyl groups is 1. The molecule has 13 atom stereocenters. The maximum absolute atomic E-state index is 14.7. The second kappa shape index (κ2) is 34.9. The maximum atomic E-state index is 14.7. The van der Waals surface area contributed by atoms with Crippen LogP contribution >= 0.6 is 36.2 Å². The number of nitrogens with two attached hydrogens (primary N) is 2. The average Bonchev–Trinajstić information content (AvgIpc) is 1.70. The molecule has 4 saturated heterocycles. The van der Waals surface area contributed by atoms with Crippen molar-refractivity contribution in [2.24, 2.45) is 23.3 Å². The number of phenols is 1. The number of phenolic OH excluding ortho intramolecular Hbond substituents is 1. The number of aliphatic hydroxyl groups is 6. The van der Waals surface area contributed by atoms with Crippen molar-refractivity contribution in [1.82, 2.24) is 46.6 Å². The largest absolute Gasteiger partial charge is 0.504 e. The molecule has 9 rings (SSSR count). The molecule has 4 aliphatic heterocycles. The number of anilines is 1. The molecule has 522 valence electrons. The lowest BCUT2D eigenvalue weighted by atomic mass is 9.90. The van der Waals surface area contributed by atoms with Gasteiger partial charge in [-0.1, -0.05) is 55.7 Å². The Hall–Kier alpha value is -6.87. The van der Waals surface area contributed by atoms with Crippen LogP contribution in [0.1, 0.15) is 94.0 Å². The van der Waals surface area contributed by atoms with Crippen molar-refractivity contribution >= 4 is 83.2 Å². The number of halogens is 2. The number of amides is 7. The maximum Gasteiger partial charge on any atom is 0.251 e. The van der Waals surface area contributed by atoms with Crippen LogP contribution in [-0.2, 0) is 39.9 Å². The topological polar surface area (TPSA) is 427 Å². The van der Waals surface area contributed by atoms with E-state index in [0.29, 0.717) is 21.5 Å². The van der Waals surface area contributed by atoms with Gasteiger partial charge < -0.3 is 98.0 Å². The number of carbonyl (C=O) groups excluding carboxylic acids is 7. The van der Waals surface area contributed by atoms with Crippen LogP contribution in [0.15, 0.2) is 66.7 Å². The van der Waals surface area contributed by atoms with Crippen LogP contribution in [0.5, 0.6) is 11.5 Å². The Morgan fingerprint density at radius 1 is 0.726 bits per heavy atom. The molecular weight excluding hydrogens is 1300 g/mol. The minimum absolute atomic E-state index is 0. The van der Waals surface area contributed by atoms with Gasteiger partial charge in [0.25, 0.3) is 5.91 Å². The summed E-state index contributed by atoms with van der Waals surface area (Å²) in [6.45, 7) is 3.76. The highest BCUT2D eigenvalue weighted by molar-refractivity contribution is 7.17. The van der Waals surface area contributed by atoms with Crippen molar-refractivity contribution in [3.05, 3.63) is 77.9 Å². The summed E-state index contributed by atoms with van der Waals surface area (Å²) in [7, 11) is 0. The number of nitrogens with one attached hydrogen (secondary N) is 5. The van der Waals surface area contributed by atoms with Crippen LogP contribution in [0.4, 0.5) is 5.69 Å². The van der Waals surface area contributed by atoms with Gasteiger partial charge in [0.15, 0.2) is 11.5 Å². The summed E-state index contributed by atoms with van der Waals surface area (Å²) >= 11 is 1.35. The van der Waals surface area contributed by atoms with E-state index in [0.717, 1.165) is 60.5 Å². The lowest BCUT2D eigenvalue weighted by Gasteiger charge is -2.34. The highest BCUT2D eigenvalue weighted by Crippen LogP contribution is 2.34. The first-order valence-electron chi connectivity index (χ1n) is 32.1. The standard InChI is InChI=1S/C64H88N12O16S.2ClH/c1-34-31-76-54(55(34)83)60(88)67-30-42(78)28-45(68-56(84)38-9-11-39(12-10-38)61-72-73-62(93-61)40-13-15-41(16-14-40)74-23-19-44(20-24-74)92-33-36-6-4-3-5-7-36)57(85)69-51(35(2)77)63(89)75-32-43(79)29-46(75)58(86)70-52(59(87)71-53(64(76)90)48(81)18-21-65)49(82)26-37-8-17-47(80)50(27-37)91-25-22-66;;/h8-17,27,34-36,42-46,48-49,51-55,77-83H,3-7,18-26,28-33,65-66H2,1-2H3,(H,67,88)(H,68,84)(H,69,85)(H,70,86)(H,71,87);2*1H/t34-,35+,42+,43+,45-,46-,48+,49+,51-,52-,53-,54-,55-;;/m0../s1. The number of fused-ring (bicyclic) bond motifs is 2. The molecule has 16 N–H and O–H groups in total. The number of hydrogen-bond donors (Lipinski definition) is 14. The Balaban J connectivity index is 0.00000638. The van der Waals surface area contributed by atoms with E-state index in [1.165, 1.54) is 80.7 Å². The quantitative estimate of drug-likeness (QED) is 0.0604. The lowest BCUT2D eigenvalue weighted by Crippen LogP contribution is -2.64. The minimum Gasteiger partial charge on any atom is -0.504 e. The number of piperidine rings is 1. The lowest BCUT2D eigenvalue weighted by molar-refractivity contribution is -0.147. The Morgan fingerprint density at radius 3 is 2.00 bits per heavy atom. The normalized spacial score (nSPS) is 26.4. The molecule has 0 radical (unpaired) electrons. The zero-order chi connectivity index (χ0) is 66.6. The number of carbonyl (C=O) groups is 7. The highest BCUT2D eigenvalue weighted by atomic mass is 35.5. The summed E-state index contributed by atoms with van der Waals surface area (Å²) < 4.78 is 11.9. The van der Waals surface area contributed by atoms with E-state index in [9.17, 15) is 69.3 Å². The van der Waals surface area contributed by atoms with Crippen LogP contribution in [0, 0.1) is 11.8 Å². The van der Waals surface area contributed by atoms with Gasteiger partial charge in [-0.05, 0) is 106 Å². The molecule has 0 spiro atoms. The fraction of sp³-hybridized carbons (Fsp3) is 0.578. The summed E-state index contributed by atoms with van der Waals surface area (Å²) in [4.78, 5) is 106. The van der Waals surface area contributed by atoms with E-state index in [1.807, 2.05) is 12.1 Å². The molecule has 1 aliphatic carbocycles. The molecule has 1 aromatic heterocycles. The SMILES string of the molecule is C[C@@H](O)[C@@H]1NC(=O)[C@@H](NC(=O)c2ccc(-c3nnc(-c4ccc(N5CCC(OCC6CCCCC6)CC5)cc4)s3)cc2)C[C@@H](O)CNC(=O)[C@@H]2[C@@H](O)[C@@H](C)CN2C(=O)[C@H]([C@H](O)CCN)NC(=O)[C@H]([C@H](O)Cc2ccc(O)c(OCCN)c2)NC(=O)[C@@H]2C[C@@H](O)CN2C1=O.Cl.Cl. The number of aromatic nitrogens is 2. The minimum atomic E-state index is -2.04. The zero-order valence-corrected chi connectivity index (χ0v) is 55.5. The Labute approximate surface area is 567 Å². The summed E-state index contributed by atoms with van der Waals surface area (Å²) in [5, 5.41) is 102. The Kier molecular flexibility index (Phi) is 27.7. The number of β-amino-alcohol motifs (C(OH)–C–C–N with tert-alkyl or cyclic N) is 1. The van der Waals surface area contributed by atoms with Crippen molar-refractivity contribution in [3.8, 4) is 32.6 Å². The van der Waals surface area contributed by atoms with Gasteiger partial charge in [0, 0.05) is 93.4 Å². The first kappa shape index (κ1) is 75.5. The molecule has 31 heteroatoms. The van der Waals surface area contributed by atoms with Gasteiger partial charge in [0.1, 0.15) is 52.9 Å². The van der Waals surface area contributed by atoms with Crippen LogP contribution in [-0.4, -0.2) is 235 Å². The van der Waals surface area contributed by atoms with E-state index in [-0.39, 0.29) is 86.2 Å². The van der Waals surface area contributed by atoms with Gasteiger partial charge in [-0.2, -0.15) is 0 Å². The molecule has 0 unspecified atom stereocenters. The molecular formula is C64H90Cl2N12O16S. The monoisotopic (exact) mass is 1380 g/mol. The van der Waals surface area contributed by atoms with Crippen LogP contribution < -0.4 is 47.7 Å². The van der Waals surface area contributed by atoms with Gasteiger partial charge in [-0.15, -0.1) is 35.0 Å². The molecule has 5 fully saturated rings. The zero-order valence-electron chi connectivity index (χ0n) is 53.1. The Morgan fingerprint density at radius 2 is 1.36 bits per heavy atom. The van der Waals surface area contributed by atoms with Crippen molar-refractivity contribution in [2.75, 3.05) is 63.9 Å². The van der Waals surface area contributed by atoms with Crippen molar-refractivity contribution in [2.45, 2.75) is 163 Å². The first-order chi connectivity index (χ1) is 44.6. The third-order valence-corrected chi connectivity index (χ3v) is 19.1. The van der Waals surface area contributed by atoms with Crippen LogP contribution in [0.25, 0.3) is 21.1 Å². The molecule has 4 aromatic rings. The second-order valence-corrected chi connectivity index (χ2v) is 26.1. The van der Waals surface area contributed by atoms with E-state index >= 15 is 0 Å². The predicted octanol–water partition coefficient (Wildman–Crippen LogP) is -0.378. The summed E-state index contributed by atoms with van der Waals surface area (Å²) in [5.41, 5.74) is 14.3. The summed E-state index contributed by atoms with van der Waals surface area (Å²) in [6, 6.07) is 7.47. The Bertz CT molecular complexity index is 3240. The van der Waals surface area contributed by atoms with Gasteiger partial charge in [-0.3, -0.25) is 33.6 Å². The van der Waals surface area contributed by atoms with Crippen molar-refractivity contribution < 1.29 is 78.8 Å². The molecule has 3 aromatic carbocycles. The number of hydrogen-bond acceptors (Lipinski definition) is 22. The molecule has 5 heterocycles. The number of ether oxygens (including phenoxy) is 2. The van der Waals surface area contributed by atoms with Crippen LogP contribution in [0.2, 0.25) is 0 Å². The molecule has 0 bridgehead atoms. The van der Waals surface area contributed by atoms with Crippen molar-refractivity contribution in [3.63, 3.8) is 0 Å². The number of nitrogens with zero attached hydrogens (tertiary/aromatic N) is 5. The summed E-state index contributed by atoms with van der Waals surface area (Å²) in [5.74, 6) is -7.94. The first-order valence-corrected chi connectivity index (χ1v) is 32.9. The van der Waals surface area contributed by atoms with E-state index < -0.39 is 152 Å². The molecule has 95 heavy (non-hydrogen) atoms. The average molecular weight is 1390 g/mol. The molecule has 7 amide bonds. The van der Waals surface area contributed by atoms with Gasteiger partial charge in [-0.25, -0.2) is 0 Å². The van der Waals surface area contributed by atoms with E-state index in [1.54, 1.807) is 12.1 Å². The van der Waals surface area contributed by atoms with Gasteiger partial charge >= 0.3 is 0 Å². The highest BCUT2D eigenvalue weighted by Gasteiger charge is 2.50. The van der Waals surface area contributed by atoms with Gasteiger partial charge in [0.05, 0.1) is 42.7 Å².